The number of esters is 1. The minimum Gasteiger partial charge on any atom is -0.448 e. The quantitative estimate of drug-likeness (QED) is 0.297. The molecule has 0 atom stereocenters. The van der Waals surface area contributed by atoms with Gasteiger partial charge in [0.2, 0.25) is 0 Å². The molecule has 0 aliphatic carbocycles. The van der Waals surface area contributed by atoms with E-state index in [9.17, 15) is 4.79 Å². The van der Waals surface area contributed by atoms with Crippen LogP contribution in [0.15, 0.2) is 76.9 Å². The molecule has 0 aromatic heterocycles. The Balaban J connectivity index is 1.91. The van der Waals surface area contributed by atoms with Gasteiger partial charge in [0.15, 0.2) is 17.6 Å². The Morgan fingerprint density at radius 3 is 2.03 bits per heavy atom. The van der Waals surface area contributed by atoms with Crippen LogP contribution < -0.4 is 0 Å². The van der Waals surface area contributed by atoms with Gasteiger partial charge in [-0.25, -0.2) is 9.79 Å². The molecule has 5 nitrogen and oxygen atoms in total. The van der Waals surface area contributed by atoms with E-state index in [2.05, 4.69) is 4.99 Å². The molecule has 2 aromatic rings. The third-order valence-corrected chi connectivity index (χ3v) is 4.75. The van der Waals surface area contributed by atoms with Gasteiger partial charge in [0.05, 0.1) is 18.8 Å². The first-order valence-corrected chi connectivity index (χ1v) is 10.6. The van der Waals surface area contributed by atoms with Crippen molar-refractivity contribution in [1.29, 1.82) is 0 Å². The van der Waals surface area contributed by atoms with E-state index in [4.69, 9.17) is 14.2 Å². The van der Waals surface area contributed by atoms with Crippen molar-refractivity contribution in [2.24, 2.45) is 4.99 Å². The van der Waals surface area contributed by atoms with E-state index in [0.29, 0.717) is 5.57 Å². The summed E-state index contributed by atoms with van der Waals surface area (Å²) in [6.07, 6.45) is 1.34. The molecule has 0 bridgehead atoms. The summed E-state index contributed by atoms with van der Waals surface area (Å²) in [5, 5.41) is 0. The molecule has 0 radical (unpaired) electrons. The minimum atomic E-state index is -0.682. The highest BCUT2D eigenvalue weighted by Gasteiger charge is 2.30. The largest absolute Gasteiger partial charge is 0.448 e. The second-order valence-electron chi connectivity index (χ2n) is 7.01. The first-order chi connectivity index (χ1) is 14.0. The molecule has 1 aliphatic heterocycles. The van der Waals surface area contributed by atoms with E-state index in [1.807, 2.05) is 80.8 Å². The average Bonchev–Trinajstić information content (AvgIpc) is 2.74. The minimum absolute atomic E-state index is 0.228. The summed E-state index contributed by atoms with van der Waals surface area (Å²) < 4.78 is 17.3. The van der Waals surface area contributed by atoms with Crippen LogP contribution in [0.5, 0.6) is 0 Å². The zero-order chi connectivity index (χ0) is 20.7. The lowest BCUT2D eigenvalue weighted by molar-refractivity contribution is -0.226. The number of thioether (sulfide) groups is 1. The number of rotatable bonds is 6. The summed E-state index contributed by atoms with van der Waals surface area (Å²) in [4.78, 5) is 17.5. The number of aliphatic imine (C=N–C) groups is 1. The lowest BCUT2D eigenvalue weighted by atomic mass is 10.0. The van der Waals surface area contributed by atoms with Gasteiger partial charge in [-0.3, -0.25) is 0 Å². The number of hydrogen-bond donors (Lipinski definition) is 0. The normalized spacial score (nSPS) is 16.2. The number of hydrogen-bond acceptors (Lipinski definition) is 6. The second-order valence-corrected chi connectivity index (χ2v) is 7.69. The zero-order valence-electron chi connectivity index (χ0n) is 16.8. The van der Waals surface area contributed by atoms with Gasteiger partial charge in [-0.05, 0) is 31.2 Å². The molecule has 152 valence electrons. The summed E-state index contributed by atoms with van der Waals surface area (Å²) in [7, 11) is 0. The molecule has 1 saturated heterocycles. The van der Waals surface area contributed by atoms with Crippen molar-refractivity contribution in [3.05, 3.63) is 83.1 Å². The topological polar surface area (TPSA) is 57.1 Å². The van der Waals surface area contributed by atoms with Gasteiger partial charge in [0.1, 0.15) is 0 Å². The monoisotopic (exact) mass is 411 g/mol. The number of carbonyl (C=O) groups excluding carboxylic acids is 1. The third kappa shape index (κ3) is 5.79. The number of nitrogens with zero attached hydrogens (tertiary/aromatic N) is 1. The second kappa shape index (κ2) is 9.87. The van der Waals surface area contributed by atoms with Crippen LogP contribution in [0.1, 0.15) is 31.1 Å². The lowest BCUT2D eigenvalue weighted by Crippen LogP contribution is -2.36. The predicted octanol–water partition coefficient (Wildman–Crippen LogP) is 4.75. The Labute approximate surface area is 175 Å². The maximum Gasteiger partial charge on any atom is 0.358 e. The molecule has 0 spiro atoms. The van der Waals surface area contributed by atoms with Crippen molar-refractivity contribution in [2.75, 3.05) is 19.5 Å². The van der Waals surface area contributed by atoms with Crippen molar-refractivity contribution in [1.82, 2.24) is 0 Å². The number of benzene rings is 2. The highest BCUT2D eigenvalue weighted by atomic mass is 32.2. The SMILES string of the molecule is CSC=NC(C(=O)OC(c1ccccc1)c1ccccc1)=C1COC(C)(C)OC1. The Morgan fingerprint density at radius 2 is 1.55 bits per heavy atom. The molecular weight excluding hydrogens is 386 g/mol. The molecule has 0 amide bonds. The van der Waals surface area contributed by atoms with Crippen molar-refractivity contribution in [3.8, 4) is 0 Å². The standard InChI is InChI=1S/C23H25NO4S/c1-23(2)26-14-19(15-27-23)20(24-16-29-3)22(25)28-21(17-10-6-4-7-11-17)18-12-8-5-9-13-18/h4-13,16,21H,14-15H2,1-3H3. The highest BCUT2D eigenvalue weighted by molar-refractivity contribution is 8.11. The van der Waals surface area contributed by atoms with Crippen molar-refractivity contribution < 1.29 is 19.0 Å². The summed E-state index contributed by atoms with van der Waals surface area (Å²) in [5.74, 6) is -1.19. The zero-order valence-corrected chi connectivity index (χ0v) is 17.6. The van der Waals surface area contributed by atoms with Gasteiger partial charge in [-0.2, -0.15) is 0 Å². The maximum absolute atomic E-state index is 13.2. The fourth-order valence-electron chi connectivity index (χ4n) is 2.88. The average molecular weight is 412 g/mol. The summed E-state index contributed by atoms with van der Waals surface area (Å²) in [6.45, 7) is 4.22. The van der Waals surface area contributed by atoms with Crippen LogP contribution in [0.4, 0.5) is 0 Å². The molecule has 1 aliphatic rings. The van der Waals surface area contributed by atoms with E-state index >= 15 is 0 Å². The smallest absolute Gasteiger partial charge is 0.358 e. The molecule has 0 N–H and O–H groups in total. The Morgan fingerprint density at radius 1 is 1.03 bits per heavy atom. The fourth-order valence-corrected chi connectivity index (χ4v) is 3.09. The molecule has 29 heavy (non-hydrogen) atoms. The van der Waals surface area contributed by atoms with Gasteiger partial charge < -0.3 is 14.2 Å². The molecular formula is C23H25NO4S. The van der Waals surface area contributed by atoms with E-state index in [-0.39, 0.29) is 18.9 Å². The number of carbonyl (C=O) groups is 1. The van der Waals surface area contributed by atoms with Crippen LogP contribution in [-0.2, 0) is 19.0 Å². The van der Waals surface area contributed by atoms with Gasteiger partial charge in [0, 0.05) is 5.57 Å². The highest BCUT2D eigenvalue weighted by Crippen LogP contribution is 2.29. The lowest BCUT2D eigenvalue weighted by Gasteiger charge is -2.32. The molecule has 3 rings (SSSR count). The molecule has 1 heterocycles. The molecule has 2 aromatic carbocycles. The molecule has 0 unspecified atom stereocenters. The van der Waals surface area contributed by atoms with Gasteiger partial charge >= 0.3 is 5.97 Å². The molecule has 6 heteroatoms. The Bertz CT molecular complexity index is 827. The summed E-state index contributed by atoms with van der Waals surface area (Å²) in [6, 6.07) is 19.3. The van der Waals surface area contributed by atoms with Crippen LogP contribution >= 0.6 is 11.8 Å². The number of ether oxygens (including phenoxy) is 3. The Kier molecular flexibility index (Phi) is 7.25. The van der Waals surface area contributed by atoms with Gasteiger partial charge in [0.25, 0.3) is 0 Å². The van der Waals surface area contributed by atoms with Gasteiger partial charge in [-0.15, -0.1) is 11.8 Å². The van der Waals surface area contributed by atoms with Crippen LogP contribution in [0, 0.1) is 0 Å². The van der Waals surface area contributed by atoms with Crippen LogP contribution in [-0.4, -0.2) is 36.8 Å². The first kappa shape index (κ1) is 21.3. The first-order valence-electron chi connectivity index (χ1n) is 9.36. The maximum atomic E-state index is 13.2. The Hall–Kier alpha value is -2.41. The van der Waals surface area contributed by atoms with Gasteiger partial charge in [-0.1, -0.05) is 60.7 Å². The van der Waals surface area contributed by atoms with Crippen LogP contribution in [0.2, 0.25) is 0 Å². The van der Waals surface area contributed by atoms with Crippen molar-refractivity contribution >= 4 is 23.3 Å². The van der Waals surface area contributed by atoms with E-state index in [1.54, 1.807) is 5.55 Å². The summed E-state index contributed by atoms with van der Waals surface area (Å²) >= 11 is 1.41. The third-order valence-electron chi connectivity index (χ3n) is 4.43. The summed E-state index contributed by atoms with van der Waals surface area (Å²) in [5.41, 5.74) is 4.29. The predicted molar refractivity (Wildman–Crippen MR) is 116 cm³/mol. The van der Waals surface area contributed by atoms with E-state index < -0.39 is 17.9 Å². The van der Waals surface area contributed by atoms with E-state index in [0.717, 1.165) is 11.1 Å². The molecule has 0 saturated carbocycles. The van der Waals surface area contributed by atoms with E-state index in [1.165, 1.54) is 11.8 Å². The fraction of sp³-hybridized carbons (Fsp3) is 0.304. The van der Waals surface area contributed by atoms with Crippen molar-refractivity contribution in [2.45, 2.75) is 25.7 Å². The molecule has 1 fully saturated rings. The van der Waals surface area contributed by atoms with Crippen LogP contribution in [0.25, 0.3) is 0 Å². The van der Waals surface area contributed by atoms with Crippen molar-refractivity contribution in [3.63, 3.8) is 0 Å². The van der Waals surface area contributed by atoms with Crippen LogP contribution in [0.3, 0.4) is 0 Å².